The van der Waals surface area contributed by atoms with Crippen LogP contribution in [0.25, 0.3) is 0 Å². The van der Waals surface area contributed by atoms with Gasteiger partial charge in [-0.3, -0.25) is 72.3 Å². The van der Waals surface area contributed by atoms with Crippen molar-refractivity contribution >= 4 is 107 Å². The number of nitrogens with one attached hydrogen (secondary N) is 11. The molecular formula is C55H99N21O19S. The van der Waals surface area contributed by atoms with E-state index in [2.05, 4.69) is 81.1 Å². The summed E-state index contributed by atoms with van der Waals surface area (Å²) in [4.78, 5) is 196. The summed E-state index contributed by atoms with van der Waals surface area (Å²) < 4.78 is 0. The van der Waals surface area contributed by atoms with Gasteiger partial charge >= 0.3 is 5.97 Å². The number of guanidine groups is 2. The SMILES string of the molecule is CC(C)[C@H](N)C(=O)N[C@@H](CO)C(=O)N[C@@H](CO)C(=O)N[C@@H](CCCN=C(N)N)C(=O)NCC(=O)N[C@@H](CS)C(=O)N[C@@H](CC(N)=O)C(=O)N[C@H](C(=O)N[C@@H](CO)C(=O)N[C@@H](CCCN=C(N)N)C(=O)N[C@@H](CCCCN)C(=O)N1CCC[C@H]1C(=O)N[C@H](C(=O)O)[C@@H](C)O)C(C)C. The molecule has 0 radical (unpaired) electrons. The fourth-order valence-electron chi connectivity index (χ4n) is 9.14. The van der Waals surface area contributed by atoms with Gasteiger partial charge in [-0.2, -0.15) is 12.6 Å². The van der Waals surface area contributed by atoms with Crippen molar-refractivity contribution in [2.24, 2.45) is 62.0 Å². The zero-order chi connectivity index (χ0) is 73.1. The molecule has 1 saturated heterocycles. The number of primary amides is 1. The Kier molecular flexibility index (Phi) is 39.1. The van der Waals surface area contributed by atoms with Gasteiger partial charge in [-0.1, -0.05) is 27.7 Å². The first-order chi connectivity index (χ1) is 45.1. The maximum Gasteiger partial charge on any atom is 0.328 e. The number of thiol groups is 1. The minimum atomic E-state index is -1.86. The minimum Gasteiger partial charge on any atom is -0.480 e. The zero-order valence-corrected chi connectivity index (χ0v) is 55.3. The van der Waals surface area contributed by atoms with E-state index in [9.17, 15) is 92.7 Å². The smallest absolute Gasteiger partial charge is 0.328 e. The van der Waals surface area contributed by atoms with E-state index in [-0.39, 0.29) is 82.5 Å². The molecule has 0 saturated carbocycles. The molecule has 1 aliphatic rings. The fourth-order valence-corrected chi connectivity index (χ4v) is 9.40. The third-order valence-electron chi connectivity index (χ3n) is 14.6. The highest BCUT2D eigenvalue weighted by Crippen LogP contribution is 2.21. The van der Waals surface area contributed by atoms with E-state index < -0.39 is 206 Å². The number of aliphatic imine (C=N–C) groups is 2. The van der Waals surface area contributed by atoms with Crippen molar-refractivity contribution in [3.63, 3.8) is 0 Å². The lowest BCUT2D eigenvalue weighted by molar-refractivity contribution is -0.147. The number of amides is 13. The quantitative estimate of drug-likeness (QED) is 0.0116. The Hall–Kier alpha value is -8.77. The molecule has 0 unspecified atom stereocenters. The Morgan fingerprint density at radius 3 is 1.41 bits per heavy atom. The molecule has 41 heteroatoms. The van der Waals surface area contributed by atoms with Gasteiger partial charge in [0.15, 0.2) is 18.0 Å². The van der Waals surface area contributed by atoms with E-state index in [1.165, 1.54) is 18.7 Å². The van der Waals surface area contributed by atoms with Gasteiger partial charge in [0.05, 0.1) is 44.9 Å². The van der Waals surface area contributed by atoms with E-state index in [0.717, 1.165) is 6.92 Å². The first-order valence-electron chi connectivity index (χ1n) is 30.9. The highest BCUT2D eigenvalue weighted by atomic mass is 32.1. The van der Waals surface area contributed by atoms with Crippen molar-refractivity contribution in [1.82, 2.24) is 63.4 Å². The molecule has 544 valence electrons. The molecule has 1 rings (SSSR count). The highest BCUT2D eigenvalue weighted by Gasteiger charge is 2.41. The number of hydrogen-bond acceptors (Lipinski definition) is 23. The molecular weight excluding hydrogens is 1290 g/mol. The monoisotopic (exact) mass is 1390 g/mol. The van der Waals surface area contributed by atoms with Crippen molar-refractivity contribution in [1.29, 1.82) is 0 Å². The number of nitrogens with two attached hydrogens (primary N) is 7. The lowest BCUT2D eigenvalue weighted by Crippen LogP contribution is -2.62. The van der Waals surface area contributed by atoms with Crippen LogP contribution in [0.3, 0.4) is 0 Å². The zero-order valence-electron chi connectivity index (χ0n) is 54.4. The van der Waals surface area contributed by atoms with Crippen LogP contribution in [-0.4, -0.2) is 262 Å². The van der Waals surface area contributed by atoms with Gasteiger partial charge in [0.25, 0.3) is 0 Å². The molecule has 0 spiro atoms. The molecule has 13 atom stereocenters. The molecule has 0 aromatic carbocycles. The van der Waals surface area contributed by atoms with Crippen LogP contribution in [0.5, 0.6) is 0 Å². The second-order valence-corrected chi connectivity index (χ2v) is 23.5. The first-order valence-corrected chi connectivity index (χ1v) is 31.5. The number of carboxylic acid groups (broad SMARTS) is 1. The number of unbranched alkanes of at least 4 members (excludes halogenated alkanes) is 1. The van der Waals surface area contributed by atoms with Crippen molar-refractivity contribution in [3.05, 3.63) is 0 Å². The Balaban J connectivity index is 3.34. The van der Waals surface area contributed by atoms with Crippen LogP contribution in [0.2, 0.25) is 0 Å². The second-order valence-electron chi connectivity index (χ2n) is 23.1. The van der Waals surface area contributed by atoms with Crippen LogP contribution >= 0.6 is 12.6 Å². The normalized spacial score (nSPS) is 16.4. The van der Waals surface area contributed by atoms with Crippen molar-refractivity contribution < 1.29 is 92.7 Å². The number of nitrogens with zero attached hydrogens (tertiary/aromatic N) is 3. The summed E-state index contributed by atoms with van der Waals surface area (Å²) >= 11 is 4.11. The number of aliphatic carboxylic acids is 1. The summed E-state index contributed by atoms with van der Waals surface area (Å²) in [6.07, 6.45) is -1.63. The van der Waals surface area contributed by atoms with Crippen molar-refractivity contribution in [3.8, 4) is 0 Å². The van der Waals surface area contributed by atoms with Crippen LogP contribution in [0.15, 0.2) is 9.98 Å². The summed E-state index contributed by atoms with van der Waals surface area (Å²) in [6.45, 7) is 3.49. The Morgan fingerprint density at radius 1 is 0.521 bits per heavy atom. The van der Waals surface area contributed by atoms with Crippen LogP contribution in [0, 0.1) is 11.8 Å². The number of carbonyl (C=O) groups is 14. The third kappa shape index (κ3) is 30.3. The predicted molar refractivity (Wildman–Crippen MR) is 346 cm³/mol. The number of rotatable bonds is 45. The molecule has 0 bridgehead atoms. The number of aliphatic hydroxyl groups excluding tert-OH is 4. The molecule has 40 nitrogen and oxygen atoms in total. The van der Waals surface area contributed by atoms with E-state index in [1.807, 2.05) is 0 Å². The summed E-state index contributed by atoms with van der Waals surface area (Å²) in [5.41, 5.74) is 38.7. The van der Waals surface area contributed by atoms with Crippen LogP contribution < -0.4 is 98.6 Å². The topological polar surface area (TPSA) is 683 Å². The highest BCUT2D eigenvalue weighted by molar-refractivity contribution is 7.80. The molecule has 1 fully saturated rings. The second kappa shape index (κ2) is 44.1. The maximum atomic E-state index is 14.2. The van der Waals surface area contributed by atoms with Gasteiger partial charge in [0, 0.05) is 25.4 Å². The molecule has 0 aromatic heterocycles. The van der Waals surface area contributed by atoms with Gasteiger partial charge in [-0.15, -0.1) is 0 Å². The number of likely N-dealkylation sites (tertiary alicyclic amines) is 1. The lowest BCUT2D eigenvalue weighted by atomic mass is 10.0. The van der Waals surface area contributed by atoms with E-state index >= 15 is 0 Å². The number of hydrogen-bond donors (Lipinski definition) is 24. The number of aliphatic hydroxyl groups is 4. The molecule has 0 aromatic rings. The predicted octanol–water partition coefficient (Wildman–Crippen LogP) is -11.9. The fraction of sp³-hybridized carbons (Fsp3) is 0.709. The van der Waals surface area contributed by atoms with Gasteiger partial charge < -0.3 is 129 Å². The summed E-state index contributed by atoms with van der Waals surface area (Å²) in [6, 6.07) is -18.6. The Bertz CT molecular complexity index is 2720. The van der Waals surface area contributed by atoms with Crippen molar-refractivity contribution in [2.75, 3.05) is 58.3 Å². The third-order valence-corrected chi connectivity index (χ3v) is 15.0. The van der Waals surface area contributed by atoms with Crippen LogP contribution in [0.1, 0.15) is 98.8 Å². The Morgan fingerprint density at radius 2 is 0.958 bits per heavy atom. The van der Waals surface area contributed by atoms with Crippen LogP contribution in [0.4, 0.5) is 0 Å². The van der Waals surface area contributed by atoms with Gasteiger partial charge in [0.2, 0.25) is 76.8 Å². The molecule has 1 aliphatic heterocycles. The van der Waals surface area contributed by atoms with Crippen LogP contribution in [-0.2, 0) is 67.1 Å². The molecule has 13 amide bonds. The molecule has 30 N–H and O–H groups in total. The largest absolute Gasteiger partial charge is 0.480 e. The van der Waals surface area contributed by atoms with Gasteiger partial charge in [-0.05, 0) is 83.1 Å². The average molecular weight is 1390 g/mol. The molecule has 96 heavy (non-hydrogen) atoms. The van der Waals surface area contributed by atoms with E-state index in [0.29, 0.717) is 19.3 Å². The maximum absolute atomic E-state index is 14.2. The van der Waals surface area contributed by atoms with Crippen molar-refractivity contribution in [2.45, 2.75) is 177 Å². The summed E-state index contributed by atoms with van der Waals surface area (Å²) in [5.74, 6) is -17.2. The van der Waals surface area contributed by atoms with Gasteiger partial charge in [0.1, 0.15) is 60.4 Å². The lowest BCUT2D eigenvalue weighted by Gasteiger charge is -2.31. The molecule has 1 heterocycles. The summed E-state index contributed by atoms with van der Waals surface area (Å²) in [5, 5.41) is 75.3. The molecule has 0 aliphatic carbocycles. The van der Waals surface area contributed by atoms with Gasteiger partial charge in [-0.25, -0.2) is 4.79 Å². The Labute approximate surface area is 559 Å². The minimum absolute atomic E-state index is 0.0163. The standard InChI is InChI=1S/C55H99N21O19S/c1-25(2)39(58)50(91)72-33(22-78)47(88)71-32(21-77)45(86)67-28(12-8-16-63-54(59)60)42(83)65-20-38(82)66-35(24-96)48(89)70-31(19-37(57)81)44(85)74-40(26(3)4)51(92)73-34(23-79)46(87)68-29(13-9-17-64-55(61)62)43(84)69-30(11-6-7-15-56)52(93)76-18-10-14-36(76)49(90)75-41(27(5)80)53(94)95/h25-36,39-41,77-80,96H,6-24,56,58H2,1-5H3,(H2,57,81)(H,65,83)(H,66,82)(H,67,86)(H,68,87)(H,69,84)(H,70,89)(H,71,88)(H,72,91)(H,73,92)(H,74,85)(H,75,90)(H,94,95)(H4,59,60,63)(H4,61,62,64)/t27-,28+,29+,30+,31+,32+,33+,34+,35+,36+,39+,40+,41+/m1/s1. The van der Waals surface area contributed by atoms with E-state index in [4.69, 9.17) is 40.1 Å². The van der Waals surface area contributed by atoms with E-state index in [1.54, 1.807) is 13.8 Å². The average Bonchev–Trinajstić information content (AvgIpc) is 1.60. The first kappa shape index (κ1) is 85.2. The number of carbonyl (C=O) groups excluding carboxylic acids is 13. The summed E-state index contributed by atoms with van der Waals surface area (Å²) in [7, 11) is 0. The number of carboxylic acids is 1.